The summed E-state index contributed by atoms with van der Waals surface area (Å²) < 4.78 is 11.3. The Morgan fingerprint density at radius 3 is 2.52 bits per heavy atom. The fourth-order valence-corrected chi connectivity index (χ4v) is 3.49. The Kier molecular flexibility index (Phi) is 9.19. The van der Waals surface area contributed by atoms with Crippen molar-refractivity contribution in [2.75, 3.05) is 27.4 Å². The van der Waals surface area contributed by atoms with E-state index in [0.717, 1.165) is 6.42 Å². The Morgan fingerprint density at radius 1 is 1.12 bits per heavy atom. The SMILES string of the molecule is C1CCCC1.COCCCNC(=O)c1ccc(-n2[nH]cc(-c3ccnc(OC)c3)c2=O)nc1. The number of nitrogens with one attached hydrogen (secondary N) is 2. The Labute approximate surface area is 193 Å². The molecule has 0 bridgehead atoms. The summed E-state index contributed by atoms with van der Waals surface area (Å²) in [5, 5.41) is 5.68. The standard InChI is InChI=1S/C19H21N5O4.C5H10/c1-27-9-3-7-21-18(25)14-4-5-16(22-11-14)24-19(26)15(12-23-24)13-6-8-20-17(10-13)28-2;1-2-4-5-3-1/h4-6,8,10-12,23H,3,7,9H2,1-2H3,(H,21,25);1-5H2. The number of nitrogens with zero attached hydrogens (tertiary/aromatic N) is 3. The molecule has 33 heavy (non-hydrogen) atoms. The van der Waals surface area contributed by atoms with Crippen molar-refractivity contribution in [2.24, 2.45) is 0 Å². The van der Waals surface area contributed by atoms with Gasteiger partial charge in [-0.15, -0.1) is 0 Å². The van der Waals surface area contributed by atoms with Crippen LogP contribution >= 0.6 is 0 Å². The Balaban J connectivity index is 0.000000541. The molecule has 176 valence electrons. The maximum Gasteiger partial charge on any atom is 0.280 e. The molecule has 0 unspecified atom stereocenters. The first kappa shape index (κ1) is 24.2. The van der Waals surface area contributed by atoms with Crippen LogP contribution in [0.15, 0.2) is 47.7 Å². The third-order valence-electron chi connectivity index (χ3n) is 5.33. The van der Waals surface area contributed by atoms with Gasteiger partial charge in [-0.05, 0) is 30.2 Å². The highest BCUT2D eigenvalue weighted by Gasteiger charge is 2.13. The minimum atomic E-state index is -0.266. The number of hydrogen-bond donors (Lipinski definition) is 2. The predicted molar refractivity (Wildman–Crippen MR) is 126 cm³/mol. The van der Waals surface area contributed by atoms with Crippen LogP contribution in [0.2, 0.25) is 0 Å². The number of ether oxygens (including phenoxy) is 2. The number of carbonyl (C=O) groups is 1. The highest BCUT2D eigenvalue weighted by Crippen LogP contribution is 2.19. The molecule has 0 radical (unpaired) electrons. The first-order chi connectivity index (χ1) is 16.1. The number of H-pyrrole nitrogens is 1. The fraction of sp³-hybridized carbons (Fsp3) is 0.417. The number of aromatic amines is 1. The van der Waals surface area contributed by atoms with Gasteiger partial charge < -0.3 is 14.8 Å². The number of hydrogen-bond acceptors (Lipinski definition) is 6. The normalized spacial score (nSPS) is 12.7. The zero-order valence-electron chi connectivity index (χ0n) is 19.2. The number of aromatic nitrogens is 4. The molecule has 9 heteroatoms. The largest absolute Gasteiger partial charge is 0.481 e. The van der Waals surface area contributed by atoms with Crippen molar-refractivity contribution in [2.45, 2.75) is 38.5 Å². The third kappa shape index (κ3) is 6.76. The van der Waals surface area contributed by atoms with E-state index in [4.69, 9.17) is 9.47 Å². The molecule has 1 amide bonds. The molecule has 1 aliphatic carbocycles. The number of rotatable bonds is 8. The summed E-state index contributed by atoms with van der Waals surface area (Å²) in [6, 6.07) is 6.64. The van der Waals surface area contributed by atoms with Crippen molar-refractivity contribution in [3.8, 4) is 22.8 Å². The van der Waals surface area contributed by atoms with Gasteiger partial charge in [-0.25, -0.2) is 14.6 Å². The number of amides is 1. The fourth-order valence-electron chi connectivity index (χ4n) is 3.49. The highest BCUT2D eigenvalue weighted by molar-refractivity contribution is 5.93. The molecule has 2 N–H and O–H groups in total. The molecule has 1 saturated carbocycles. The molecule has 0 atom stereocenters. The smallest absolute Gasteiger partial charge is 0.280 e. The van der Waals surface area contributed by atoms with Gasteiger partial charge in [-0.2, -0.15) is 0 Å². The maximum atomic E-state index is 12.7. The summed E-state index contributed by atoms with van der Waals surface area (Å²) in [6.45, 7) is 1.10. The van der Waals surface area contributed by atoms with E-state index in [0.29, 0.717) is 41.5 Å². The molecule has 1 aliphatic rings. The molecule has 4 rings (SSSR count). The van der Waals surface area contributed by atoms with Crippen LogP contribution in [0, 0.1) is 0 Å². The van der Waals surface area contributed by atoms with Gasteiger partial charge in [0, 0.05) is 44.9 Å². The summed E-state index contributed by atoms with van der Waals surface area (Å²) in [6.07, 6.45) is 12.8. The van der Waals surface area contributed by atoms with Crippen molar-refractivity contribution >= 4 is 5.91 Å². The molecule has 3 aromatic rings. The second-order valence-corrected chi connectivity index (χ2v) is 7.69. The van der Waals surface area contributed by atoms with Crippen molar-refractivity contribution in [1.29, 1.82) is 0 Å². The lowest BCUT2D eigenvalue weighted by Gasteiger charge is -2.05. The lowest BCUT2D eigenvalue weighted by atomic mass is 10.1. The second-order valence-electron chi connectivity index (χ2n) is 7.69. The molecule has 1 fully saturated rings. The van der Waals surface area contributed by atoms with E-state index < -0.39 is 0 Å². The molecule has 0 spiro atoms. The minimum absolute atomic E-state index is 0.224. The van der Waals surface area contributed by atoms with Gasteiger partial charge in [0.25, 0.3) is 11.5 Å². The van der Waals surface area contributed by atoms with E-state index in [1.807, 2.05) is 0 Å². The molecule has 3 aromatic heterocycles. The lowest BCUT2D eigenvalue weighted by Crippen LogP contribution is -2.25. The zero-order chi connectivity index (χ0) is 23.5. The summed E-state index contributed by atoms with van der Waals surface area (Å²) in [7, 11) is 3.13. The van der Waals surface area contributed by atoms with Crippen LogP contribution in [0.5, 0.6) is 5.88 Å². The zero-order valence-corrected chi connectivity index (χ0v) is 19.2. The van der Waals surface area contributed by atoms with E-state index in [1.165, 1.54) is 50.1 Å². The lowest BCUT2D eigenvalue weighted by molar-refractivity contribution is 0.0948. The van der Waals surface area contributed by atoms with Gasteiger partial charge >= 0.3 is 0 Å². The molecule has 0 aromatic carbocycles. The van der Waals surface area contributed by atoms with Crippen molar-refractivity contribution in [3.05, 3.63) is 58.8 Å². The van der Waals surface area contributed by atoms with Crippen molar-refractivity contribution in [1.82, 2.24) is 25.1 Å². The van der Waals surface area contributed by atoms with Crippen LogP contribution < -0.4 is 15.6 Å². The average molecular weight is 454 g/mol. The second kappa shape index (κ2) is 12.5. The van der Waals surface area contributed by atoms with Gasteiger partial charge in [-0.3, -0.25) is 14.7 Å². The Morgan fingerprint density at radius 2 is 1.88 bits per heavy atom. The quantitative estimate of drug-likeness (QED) is 0.506. The topological polar surface area (TPSA) is 111 Å². The van der Waals surface area contributed by atoms with E-state index >= 15 is 0 Å². The molecule has 0 saturated heterocycles. The van der Waals surface area contributed by atoms with E-state index in [-0.39, 0.29) is 11.5 Å². The van der Waals surface area contributed by atoms with Crippen LogP contribution in [0.25, 0.3) is 16.9 Å². The Bertz CT molecular complexity index is 1060. The molecule has 9 nitrogen and oxygen atoms in total. The van der Waals surface area contributed by atoms with E-state index in [2.05, 4.69) is 20.4 Å². The van der Waals surface area contributed by atoms with Crippen LogP contribution in [-0.4, -0.2) is 53.0 Å². The summed E-state index contributed by atoms with van der Waals surface area (Å²) in [5.41, 5.74) is 1.29. The van der Waals surface area contributed by atoms with Crippen LogP contribution in [-0.2, 0) is 4.74 Å². The first-order valence-electron chi connectivity index (χ1n) is 11.2. The number of pyridine rings is 2. The number of carbonyl (C=O) groups excluding carboxylic acids is 1. The third-order valence-corrected chi connectivity index (χ3v) is 5.33. The van der Waals surface area contributed by atoms with Gasteiger partial charge in [0.1, 0.15) is 0 Å². The van der Waals surface area contributed by atoms with Gasteiger partial charge in [0.2, 0.25) is 5.88 Å². The van der Waals surface area contributed by atoms with Crippen LogP contribution in [0.3, 0.4) is 0 Å². The molecular weight excluding hydrogens is 422 g/mol. The summed E-state index contributed by atoms with van der Waals surface area (Å²) in [5.74, 6) is 0.579. The predicted octanol–water partition coefficient (Wildman–Crippen LogP) is 3.35. The first-order valence-corrected chi connectivity index (χ1v) is 11.2. The molecule has 0 aliphatic heterocycles. The van der Waals surface area contributed by atoms with Gasteiger partial charge in [0.15, 0.2) is 5.82 Å². The van der Waals surface area contributed by atoms with Gasteiger partial charge in [0.05, 0.1) is 18.2 Å². The molecule has 3 heterocycles. The van der Waals surface area contributed by atoms with E-state index in [1.54, 1.807) is 43.8 Å². The average Bonchev–Trinajstić information content (AvgIpc) is 3.56. The van der Waals surface area contributed by atoms with Crippen LogP contribution in [0.1, 0.15) is 48.9 Å². The maximum absolute atomic E-state index is 12.7. The monoisotopic (exact) mass is 453 g/mol. The highest BCUT2D eigenvalue weighted by atomic mass is 16.5. The molecular formula is C24H31N5O4. The summed E-state index contributed by atoms with van der Waals surface area (Å²) >= 11 is 0. The van der Waals surface area contributed by atoms with Crippen molar-refractivity contribution in [3.63, 3.8) is 0 Å². The number of methoxy groups -OCH3 is 2. The van der Waals surface area contributed by atoms with Crippen molar-refractivity contribution < 1.29 is 14.3 Å². The summed E-state index contributed by atoms with van der Waals surface area (Å²) in [4.78, 5) is 33.1. The van der Waals surface area contributed by atoms with Crippen LogP contribution in [0.4, 0.5) is 0 Å². The minimum Gasteiger partial charge on any atom is -0.481 e. The van der Waals surface area contributed by atoms with Gasteiger partial charge in [-0.1, -0.05) is 32.1 Å². The Hall–Kier alpha value is -3.46. The van der Waals surface area contributed by atoms with E-state index in [9.17, 15) is 9.59 Å².